The van der Waals surface area contributed by atoms with Crippen LogP contribution < -0.4 is 5.32 Å². The van der Waals surface area contributed by atoms with Gasteiger partial charge in [-0.1, -0.05) is 0 Å². The molecule has 6 heteroatoms. The summed E-state index contributed by atoms with van der Waals surface area (Å²) in [5, 5.41) is 2.98. The van der Waals surface area contributed by atoms with Crippen LogP contribution in [0.15, 0.2) is 6.07 Å². The Bertz CT molecular complexity index is 586. The van der Waals surface area contributed by atoms with Crippen LogP contribution in [0.4, 0.5) is 4.79 Å². The van der Waals surface area contributed by atoms with E-state index in [0.717, 1.165) is 23.4 Å². The molecule has 0 saturated carbocycles. The topological polar surface area (TPSA) is 68.4 Å². The van der Waals surface area contributed by atoms with Gasteiger partial charge in [-0.3, -0.25) is 4.79 Å². The molecular formula is C17H28N4O2. The fraction of sp³-hybridized carbons (Fsp3) is 0.647. The molecule has 2 rings (SSSR count). The van der Waals surface area contributed by atoms with Gasteiger partial charge >= 0.3 is 6.03 Å². The predicted molar refractivity (Wildman–Crippen MR) is 90.6 cm³/mol. The third-order valence-electron chi connectivity index (χ3n) is 3.93. The first-order chi connectivity index (χ1) is 10.7. The number of rotatable bonds is 1. The molecule has 3 amide bonds. The standard InChI is InChI=1S/C17H28N4O2/c1-12-11-14(13(2)18-12)15(22)20-7-6-8-21(10-9-20)16(23)19-17(3,4)5/h11,18H,6-10H2,1-5H3,(H,19,23). The van der Waals surface area contributed by atoms with Crippen LogP contribution in [-0.4, -0.2) is 58.4 Å². The average Bonchev–Trinajstić information content (AvgIpc) is 2.64. The van der Waals surface area contributed by atoms with Crippen molar-refractivity contribution in [3.63, 3.8) is 0 Å². The number of amides is 3. The monoisotopic (exact) mass is 320 g/mol. The van der Waals surface area contributed by atoms with E-state index < -0.39 is 0 Å². The van der Waals surface area contributed by atoms with Gasteiger partial charge in [0.15, 0.2) is 0 Å². The SMILES string of the molecule is Cc1cc(C(=O)N2CCCN(C(=O)NC(C)(C)C)CC2)c(C)[nH]1. The number of H-pyrrole nitrogens is 1. The van der Waals surface area contributed by atoms with Gasteiger partial charge in [0.2, 0.25) is 0 Å². The molecule has 0 aliphatic carbocycles. The fourth-order valence-corrected chi connectivity index (χ4v) is 2.84. The van der Waals surface area contributed by atoms with E-state index in [9.17, 15) is 9.59 Å². The minimum atomic E-state index is -0.251. The van der Waals surface area contributed by atoms with Crippen molar-refractivity contribution in [3.05, 3.63) is 23.0 Å². The molecule has 2 heterocycles. The van der Waals surface area contributed by atoms with Gasteiger partial charge in [-0.05, 0) is 47.1 Å². The smallest absolute Gasteiger partial charge is 0.317 e. The summed E-state index contributed by atoms with van der Waals surface area (Å²) < 4.78 is 0. The minimum absolute atomic E-state index is 0.0462. The van der Waals surface area contributed by atoms with Crippen LogP contribution in [-0.2, 0) is 0 Å². The molecule has 6 nitrogen and oxygen atoms in total. The van der Waals surface area contributed by atoms with Crippen LogP contribution in [0.25, 0.3) is 0 Å². The number of aromatic nitrogens is 1. The molecular weight excluding hydrogens is 292 g/mol. The first kappa shape index (κ1) is 17.4. The molecule has 2 N–H and O–H groups in total. The lowest BCUT2D eigenvalue weighted by atomic mass is 10.1. The minimum Gasteiger partial charge on any atom is -0.362 e. The molecule has 1 aromatic rings. The second kappa shape index (κ2) is 6.64. The van der Waals surface area contributed by atoms with Gasteiger partial charge in [-0.2, -0.15) is 0 Å². The van der Waals surface area contributed by atoms with Crippen molar-refractivity contribution < 1.29 is 9.59 Å². The predicted octanol–water partition coefficient (Wildman–Crippen LogP) is 2.29. The van der Waals surface area contributed by atoms with Gasteiger partial charge < -0.3 is 20.1 Å². The number of carbonyl (C=O) groups excluding carboxylic acids is 2. The molecule has 0 aromatic carbocycles. The van der Waals surface area contributed by atoms with Crippen molar-refractivity contribution in [1.82, 2.24) is 20.1 Å². The normalized spacial score (nSPS) is 16.2. The lowest BCUT2D eigenvalue weighted by molar-refractivity contribution is 0.0761. The van der Waals surface area contributed by atoms with Gasteiger partial charge in [0.1, 0.15) is 0 Å². The zero-order chi connectivity index (χ0) is 17.2. The Morgan fingerprint density at radius 1 is 1.09 bits per heavy atom. The van der Waals surface area contributed by atoms with Crippen molar-refractivity contribution in [2.75, 3.05) is 26.2 Å². The summed E-state index contributed by atoms with van der Waals surface area (Å²) in [7, 11) is 0. The quantitative estimate of drug-likeness (QED) is 0.833. The molecule has 128 valence electrons. The second-order valence-corrected chi connectivity index (χ2v) is 7.30. The summed E-state index contributed by atoms with van der Waals surface area (Å²) in [6, 6.07) is 1.84. The maximum absolute atomic E-state index is 12.7. The molecule has 23 heavy (non-hydrogen) atoms. The molecule has 1 saturated heterocycles. The van der Waals surface area contributed by atoms with Crippen LogP contribution in [0.2, 0.25) is 0 Å². The van der Waals surface area contributed by atoms with Crippen molar-refractivity contribution in [1.29, 1.82) is 0 Å². The lowest BCUT2D eigenvalue weighted by Crippen LogP contribution is -2.49. The fourth-order valence-electron chi connectivity index (χ4n) is 2.84. The van der Waals surface area contributed by atoms with Crippen LogP contribution in [0.5, 0.6) is 0 Å². The number of nitrogens with zero attached hydrogens (tertiary/aromatic N) is 2. The van der Waals surface area contributed by atoms with E-state index in [1.807, 2.05) is 45.6 Å². The number of hydrogen-bond donors (Lipinski definition) is 2. The first-order valence-electron chi connectivity index (χ1n) is 8.20. The van der Waals surface area contributed by atoms with Gasteiger partial charge in [0.05, 0.1) is 5.56 Å². The highest BCUT2D eigenvalue weighted by Gasteiger charge is 2.25. The van der Waals surface area contributed by atoms with Crippen LogP contribution in [0, 0.1) is 13.8 Å². The van der Waals surface area contributed by atoms with Crippen LogP contribution >= 0.6 is 0 Å². The van der Waals surface area contributed by atoms with Gasteiger partial charge in [0.25, 0.3) is 5.91 Å². The zero-order valence-electron chi connectivity index (χ0n) is 14.8. The Balaban J connectivity index is 2.00. The highest BCUT2D eigenvalue weighted by molar-refractivity contribution is 5.95. The molecule has 1 aliphatic rings. The number of carbonyl (C=O) groups is 2. The van der Waals surface area contributed by atoms with Gasteiger partial charge in [0, 0.05) is 43.1 Å². The zero-order valence-corrected chi connectivity index (χ0v) is 14.8. The number of hydrogen-bond acceptors (Lipinski definition) is 2. The highest BCUT2D eigenvalue weighted by Crippen LogP contribution is 2.14. The molecule has 0 bridgehead atoms. The van der Waals surface area contributed by atoms with E-state index in [0.29, 0.717) is 26.2 Å². The van der Waals surface area contributed by atoms with Crippen LogP contribution in [0.1, 0.15) is 48.9 Å². The van der Waals surface area contributed by atoms with E-state index in [-0.39, 0.29) is 17.5 Å². The van der Waals surface area contributed by atoms with Crippen molar-refractivity contribution in [2.24, 2.45) is 0 Å². The van der Waals surface area contributed by atoms with E-state index in [2.05, 4.69) is 10.3 Å². The summed E-state index contributed by atoms with van der Waals surface area (Å²) in [4.78, 5) is 31.8. The first-order valence-corrected chi connectivity index (χ1v) is 8.20. The maximum atomic E-state index is 12.7. The third kappa shape index (κ3) is 4.50. The Morgan fingerprint density at radius 3 is 2.26 bits per heavy atom. The van der Waals surface area contributed by atoms with E-state index in [1.165, 1.54) is 0 Å². The van der Waals surface area contributed by atoms with E-state index in [4.69, 9.17) is 0 Å². The Labute approximate surface area is 138 Å². The highest BCUT2D eigenvalue weighted by atomic mass is 16.2. The number of nitrogens with one attached hydrogen (secondary N) is 2. The average molecular weight is 320 g/mol. The number of aromatic amines is 1. The summed E-state index contributed by atoms with van der Waals surface area (Å²) in [6.45, 7) is 12.3. The summed E-state index contributed by atoms with van der Waals surface area (Å²) in [5.41, 5.74) is 2.37. The van der Waals surface area contributed by atoms with Crippen molar-refractivity contribution in [3.8, 4) is 0 Å². The Kier molecular flexibility index (Phi) is 5.02. The molecule has 0 spiro atoms. The molecule has 0 unspecified atom stereocenters. The summed E-state index contributed by atoms with van der Waals surface area (Å²) in [5.74, 6) is 0.0462. The molecule has 0 atom stereocenters. The van der Waals surface area contributed by atoms with E-state index in [1.54, 1.807) is 4.90 Å². The summed E-state index contributed by atoms with van der Waals surface area (Å²) >= 11 is 0. The molecule has 1 aliphatic heterocycles. The van der Waals surface area contributed by atoms with E-state index >= 15 is 0 Å². The Morgan fingerprint density at radius 2 is 1.70 bits per heavy atom. The van der Waals surface area contributed by atoms with Crippen molar-refractivity contribution in [2.45, 2.75) is 46.6 Å². The van der Waals surface area contributed by atoms with Gasteiger partial charge in [-0.25, -0.2) is 4.79 Å². The molecule has 1 fully saturated rings. The maximum Gasteiger partial charge on any atom is 0.317 e. The van der Waals surface area contributed by atoms with Gasteiger partial charge in [-0.15, -0.1) is 0 Å². The number of urea groups is 1. The Hall–Kier alpha value is -1.98. The third-order valence-corrected chi connectivity index (χ3v) is 3.93. The largest absolute Gasteiger partial charge is 0.362 e. The van der Waals surface area contributed by atoms with Crippen LogP contribution in [0.3, 0.4) is 0 Å². The summed E-state index contributed by atoms with van der Waals surface area (Å²) in [6.07, 6.45) is 0.797. The molecule has 1 aromatic heterocycles. The lowest BCUT2D eigenvalue weighted by Gasteiger charge is -2.27. The van der Waals surface area contributed by atoms with Crippen molar-refractivity contribution >= 4 is 11.9 Å². The number of aryl methyl sites for hydroxylation is 2. The molecule has 0 radical (unpaired) electrons. The second-order valence-electron chi connectivity index (χ2n) is 7.30.